The van der Waals surface area contributed by atoms with Crippen LogP contribution in [0.3, 0.4) is 0 Å². The third-order valence-corrected chi connectivity index (χ3v) is 7.23. The summed E-state index contributed by atoms with van der Waals surface area (Å²) in [5, 5.41) is 9.53. The quantitative estimate of drug-likeness (QED) is 0.234. The molecule has 1 aromatic heterocycles. The number of nitrogens with one attached hydrogen (secondary N) is 2. The number of hydrogen-bond acceptors (Lipinski definition) is 6. The first kappa shape index (κ1) is 25.4. The fraction of sp³-hybridized carbons (Fsp3) is 0.600. The van der Waals surface area contributed by atoms with E-state index >= 15 is 0 Å². The van der Waals surface area contributed by atoms with Crippen LogP contribution < -0.4 is 16.4 Å². The van der Waals surface area contributed by atoms with E-state index in [1.807, 2.05) is 12.1 Å². The zero-order valence-corrected chi connectivity index (χ0v) is 21.4. The molecule has 4 N–H and O–H groups in total. The van der Waals surface area contributed by atoms with Gasteiger partial charge in [-0.1, -0.05) is 50.1 Å². The fourth-order valence-corrected chi connectivity index (χ4v) is 5.11. The second kappa shape index (κ2) is 11.9. The molecule has 190 valence electrons. The summed E-state index contributed by atoms with van der Waals surface area (Å²) in [5.74, 6) is 0.849. The summed E-state index contributed by atoms with van der Waals surface area (Å²) in [7, 11) is 3.28. The summed E-state index contributed by atoms with van der Waals surface area (Å²) >= 11 is 6.31. The van der Waals surface area contributed by atoms with Crippen LogP contribution in [-0.2, 0) is 4.84 Å². The van der Waals surface area contributed by atoms with Gasteiger partial charge in [0.05, 0.1) is 24.7 Å². The van der Waals surface area contributed by atoms with E-state index in [9.17, 15) is 4.79 Å². The topological polar surface area (TPSA) is 118 Å². The van der Waals surface area contributed by atoms with Gasteiger partial charge in [-0.3, -0.25) is 9.63 Å². The molecule has 2 atom stereocenters. The number of amides is 1. The van der Waals surface area contributed by atoms with E-state index in [2.05, 4.69) is 20.6 Å². The number of guanidine groups is 1. The van der Waals surface area contributed by atoms with Crippen molar-refractivity contribution in [2.75, 3.05) is 19.5 Å². The van der Waals surface area contributed by atoms with Crippen molar-refractivity contribution in [3.63, 3.8) is 0 Å². The zero-order valence-electron chi connectivity index (χ0n) is 20.6. The monoisotopic (exact) mass is 501 g/mol. The van der Waals surface area contributed by atoms with Crippen LogP contribution in [0.15, 0.2) is 23.2 Å². The van der Waals surface area contributed by atoms with E-state index in [0.717, 1.165) is 56.8 Å². The standard InChI is InChI=1S/C25H36ClN7O2/c1-33(35-2)25(27)31-21-12-8-7-11-20(21)30-22-18-15-16(26)13-14-19(18)29-23(32-22)24(34)28-17-9-5-3-4-6-10-17/h13-15,17,20-21H,3-12H2,1-2H3,(H2,27,31)(H,28,34)(H,29,30,32)/t20-,21+/m0/s1. The maximum absolute atomic E-state index is 13.2. The van der Waals surface area contributed by atoms with Crippen molar-refractivity contribution in [2.24, 2.45) is 10.7 Å². The van der Waals surface area contributed by atoms with Crippen LogP contribution in [0.2, 0.25) is 5.02 Å². The summed E-state index contributed by atoms with van der Waals surface area (Å²) in [6.45, 7) is 0. The van der Waals surface area contributed by atoms with Crippen LogP contribution >= 0.6 is 11.6 Å². The number of rotatable bonds is 6. The molecule has 0 spiro atoms. The lowest BCUT2D eigenvalue weighted by atomic mass is 9.90. The highest BCUT2D eigenvalue weighted by atomic mass is 35.5. The van der Waals surface area contributed by atoms with Gasteiger partial charge in [0.2, 0.25) is 11.8 Å². The zero-order chi connectivity index (χ0) is 24.8. The number of hydrogen-bond donors (Lipinski definition) is 3. The van der Waals surface area contributed by atoms with Gasteiger partial charge in [-0.15, -0.1) is 0 Å². The summed E-state index contributed by atoms with van der Waals surface area (Å²) in [6.07, 6.45) is 10.7. The highest BCUT2D eigenvalue weighted by molar-refractivity contribution is 6.31. The van der Waals surface area contributed by atoms with E-state index in [-0.39, 0.29) is 29.9 Å². The molecule has 0 radical (unpaired) electrons. The molecular weight excluding hydrogens is 466 g/mol. The normalized spacial score (nSPS) is 22.0. The summed E-state index contributed by atoms with van der Waals surface area (Å²) < 4.78 is 0. The lowest BCUT2D eigenvalue weighted by Crippen LogP contribution is -2.40. The number of benzene rings is 1. The second-order valence-electron chi connectivity index (χ2n) is 9.49. The molecule has 9 nitrogen and oxygen atoms in total. The third-order valence-electron chi connectivity index (χ3n) is 7.00. The van der Waals surface area contributed by atoms with E-state index < -0.39 is 0 Å². The molecule has 2 saturated carbocycles. The molecular formula is C25H36ClN7O2. The van der Waals surface area contributed by atoms with Crippen molar-refractivity contribution in [1.29, 1.82) is 0 Å². The van der Waals surface area contributed by atoms with E-state index in [1.54, 1.807) is 20.2 Å². The molecule has 1 amide bonds. The molecule has 1 aromatic carbocycles. The van der Waals surface area contributed by atoms with Gasteiger partial charge in [0.15, 0.2) is 0 Å². The van der Waals surface area contributed by atoms with Crippen LogP contribution in [0.5, 0.6) is 0 Å². The largest absolute Gasteiger partial charge is 0.368 e. The summed E-state index contributed by atoms with van der Waals surface area (Å²) in [4.78, 5) is 32.3. The minimum absolute atomic E-state index is 0.00223. The number of nitrogens with two attached hydrogens (primary N) is 1. The number of carbonyl (C=O) groups is 1. The number of carbonyl (C=O) groups excluding carboxylic acids is 1. The van der Waals surface area contributed by atoms with E-state index in [4.69, 9.17) is 27.2 Å². The number of aromatic nitrogens is 2. The van der Waals surface area contributed by atoms with Crippen LogP contribution in [0.1, 0.15) is 74.8 Å². The predicted molar refractivity (Wildman–Crippen MR) is 140 cm³/mol. The molecule has 4 rings (SSSR count). The van der Waals surface area contributed by atoms with Crippen LogP contribution in [0.4, 0.5) is 5.82 Å². The predicted octanol–water partition coefficient (Wildman–Crippen LogP) is 4.27. The first-order chi connectivity index (χ1) is 16.9. The molecule has 1 heterocycles. The third kappa shape index (κ3) is 6.52. The fourth-order valence-electron chi connectivity index (χ4n) is 4.94. The lowest BCUT2D eigenvalue weighted by molar-refractivity contribution is -0.0435. The average molecular weight is 502 g/mol. The number of fused-ring (bicyclic) bond motifs is 1. The number of aliphatic imine (C=N–C) groups is 1. The van der Waals surface area contributed by atoms with Gasteiger partial charge >= 0.3 is 0 Å². The van der Waals surface area contributed by atoms with Gasteiger partial charge in [0, 0.05) is 23.5 Å². The number of anilines is 1. The van der Waals surface area contributed by atoms with Gasteiger partial charge in [0.25, 0.3) is 5.91 Å². The maximum atomic E-state index is 13.2. The van der Waals surface area contributed by atoms with Gasteiger partial charge in [0.1, 0.15) is 5.82 Å². The first-order valence-electron chi connectivity index (χ1n) is 12.6. The van der Waals surface area contributed by atoms with Crippen LogP contribution in [-0.4, -0.2) is 59.2 Å². The maximum Gasteiger partial charge on any atom is 0.289 e. The lowest BCUT2D eigenvalue weighted by Gasteiger charge is -2.31. The highest BCUT2D eigenvalue weighted by Gasteiger charge is 2.27. The van der Waals surface area contributed by atoms with E-state index in [0.29, 0.717) is 22.3 Å². The Bertz CT molecular complexity index is 1060. The van der Waals surface area contributed by atoms with Gasteiger partial charge in [-0.25, -0.2) is 20.0 Å². The summed E-state index contributed by atoms with van der Waals surface area (Å²) in [6, 6.07) is 5.57. The molecule has 35 heavy (non-hydrogen) atoms. The van der Waals surface area contributed by atoms with Crippen molar-refractivity contribution in [2.45, 2.75) is 82.3 Å². The Morgan fingerprint density at radius 2 is 1.83 bits per heavy atom. The number of hydroxylamine groups is 2. The van der Waals surface area contributed by atoms with Crippen molar-refractivity contribution in [1.82, 2.24) is 20.3 Å². The van der Waals surface area contributed by atoms with Crippen molar-refractivity contribution in [3.05, 3.63) is 29.0 Å². The summed E-state index contributed by atoms with van der Waals surface area (Å²) in [5.41, 5.74) is 6.79. The number of nitrogens with zero attached hydrogens (tertiary/aromatic N) is 4. The second-order valence-corrected chi connectivity index (χ2v) is 9.93. The van der Waals surface area contributed by atoms with Gasteiger partial charge in [-0.05, 0) is 43.9 Å². The molecule has 0 bridgehead atoms. The molecule has 2 aliphatic rings. The Hall–Kier alpha value is -2.65. The Kier molecular flexibility index (Phi) is 8.62. The molecule has 2 aliphatic carbocycles. The smallest absolute Gasteiger partial charge is 0.289 e. The minimum atomic E-state index is -0.235. The van der Waals surface area contributed by atoms with Gasteiger partial charge in [-0.2, -0.15) is 0 Å². The molecule has 0 unspecified atom stereocenters. The Morgan fingerprint density at radius 1 is 1.11 bits per heavy atom. The molecule has 10 heteroatoms. The van der Waals surface area contributed by atoms with Gasteiger partial charge < -0.3 is 16.4 Å². The molecule has 0 aliphatic heterocycles. The molecule has 2 aromatic rings. The molecule has 0 saturated heterocycles. The van der Waals surface area contributed by atoms with Crippen molar-refractivity contribution >= 4 is 40.2 Å². The Balaban J connectivity index is 1.62. The van der Waals surface area contributed by atoms with E-state index in [1.165, 1.54) is 17.9 Å². The van der Waals surface area contributed by atoms with Crippen LogP contribution in [0.25, 0.3) is 10.9 Å². The minimum Gasteiger partial charge on any atom is -0.368 e. The van der Waals surface area contributed by atoms with Crippen molar-refractivity contribution in [3.8, 4) is 0 Å². The number of halogens is 1. The Morgan fingerprint density at radius 3 is 2.57 bits per heavy atom. The average Bonchev–Trinajstić information content (AvgIpc) is 3.13. The Labute approximate surface area is 211 Å². The molecule has 2 fully saturated rings. The highest BCUT2D eigenvalue weighted by Crippen LogP contribution is 2.29. The van der Waals surface area contributed by atoms with Crippen molar-refractivity contribution < 1.29 is 9.63 Å². The first-order valence-corrected chi connectivity index (χ1v) is 13.0. The van der Waals surface area contributed by atoms with Crippen LogP contribution in [0, 0.1) is 0 Å². The SMILES string of the molecule is CON(C)C(N)=N[C@@H]1CCCC[C@@H]1Nc1nc(C(=O)NC2CCCCCC2)nc2ccc(Cl)cc12.